The van der Waals surface area contributed by atoms with E-state index in [1.54, 1.807) is 43.3 Å². The number of esters is 1. The Balaban J connectivity index is 1.25. The SMILES string of the molecule is CN[C@H](CC(=O)NC[C@H](CCCCNS(=O)(=O)c1ccccc1[N+](=O)[O-])N(C)C(=O)[C@@H](CC(=O)OC(c1ccccc1)(c1ccccc1)c1ccccc1Cl)Cc1ccccc1)Cc1ccc(Cl)cc1. The van der Waals surface area contributed by atoms with Crippen molar-refractivity contribution in [3.05, 3.63) is 212 Å². The Labute approximate surface area is 419 Å². The van der Waals surface area contributed by atoms with Crippen molar-refractivity contribution >= 4 is 56.7 Å². The minimum atomic E-state index is -4.23. The third-order valence-electron chi connectivity index (χ3n) is 12.2. The second-order valence-corrected chi connectivity index (χ2v) is 19.6. The standard InChI is InChI=1S/C54H57Cl2N5O8S/c1-57-45(35-40-29-31-44(55)32-30-40)37-51(62)58-38-46(24-16-17-33-59-70(67,68)50-28-15-14-27-49(50)61(65)66)60(2)53(64)41(34-39-18-6-3-7-19-39)36-52(63)69-54(42-20-8-4-9-21-42,43-22-10-5-11-23-43)47-25-12-13-26-48(47)56/h3-15,18-23,25-32,41,45-46,57,59H,16-17,24,33-38H2,1-2H3,(H,58,62)/t41-,45+,46+/m1/s1. The molecular weight excluding hydrogens is 950 g/mol. The van der Waals surface area contributed by atoms with E-state index in [1.807, 2.05) is 115 Å². The van der Waals surface area contributed by atoms with Crippen LogP contribution in [-0.2, 0) is 47.6 Å². The summed E-state index contributed by atoms with van der Waals surface area (Å²) in [6.07, 6.45) is 1.60. The van der Waals surface area contributed by atoms with E-state index in [2.05, 4.69) is 15.4 Å². The van der Waals surface area contributed by atoms with Crippen LogP contribution in [0.15, 0.2) is 169 Å². The number of nitrogens with one attached hydrogen (secondary N) is 3. The maximum absolute atomic E-state index is 15.0. The Morgan fingerprint density at radius 1 is 0.729 bits per heavy atom. The summed E-state index contributed by atoms with van der Waals surface area (Å²) in [5.74, 6) is -2.19. The van der Waals surface area contributed by atoms with Crippen LogP contribution in [0.5, 0.6) is 0 Å². The molecule has 16 heteroatoms. The van der Waals surface area contributed by atoms with Crippen LogP contribution < -0.4 is 15.4 Å². The van der Waals surface area contributed by atoms with E-state index in [0.29, 0.717) is 52.4 Å². The van der Waals surface area contributed by atoms with E-state index in [-0.39, 0.29) is 50.2 Å². The molecule has 13 nitrogen and oxygen atoms in total. The van der Waals surface area contributed by atoms with Crippen LogP contribution in [0.4, 0.5) is 5.69 Å². The van der Waals surface area contributed by atoms with E-state index >= 15 is 4.79 Å². The summed E-state index contributed by atoms with van der Waals surface area (Å²) in [6, 6.07) is 46.9. The van der Waals surface area contributed by atoms with Crippen LogP contribution in [0.3, 0.4) is 0 Å². The maximum atomic E-state index is 15.0. The van der Waals surface area contributed by atoms with Crippen molar-refractivity contribution in [1.82, 2.24) is 20.3 Å². The van der Waals surface area contributed by atoms with Gasteiger partial charge in [0.2, 0.25) is 21.8 Å². The number of nitro groups is 1. The quantitative estimate of drug-likeness (QED) is 0.0166. The fourth-order valence-corrected chi connectivity index (χ4v) is 10.2. The predicted molar refractivity (Wildman–Crippen MR) is 273 cm³/mol. The van der Waals surface area contributed by atoms with Crippen LogP contribution in [0, 0.1) is 16.0 Å². The van der Waals surface area contributed by atoms with E-state index < -0.39 is 49.1 Å². The zero-order valence-corrected chi connectivity index (χ0v) is 41.3. The van der Waals surface area contributed by atoms with Gasteiger partial charge >= 0.3 is 5.97 Å². The number of halogens is 2. The molecule has 0 spiro atoms. The topological polar surface area (TPSA) is 177 Å². The molecule has 0 bridgehead atoms. The minimum absolute atomic E-state index is 0.0435. The highest BCUT2D eigenvalue weighted by molar-refractivity contribution is 7.89. The Morgan fingerprint density at radius 3 is 1.91 bits per heavy atom. The first-order valence-electron chi connectivity index (χ1n) is 23.0. The molecule has 0 aliphatic heterocycles. The van der Waals surface area contributed by atoms with Crippen molar-refractivity contribution in [3.63, 3.8) is 0 Å². The summed E-state index contributed by atoms with van der Waals surface area (Å²) < 4.78 is 35.5. The molecule has 2 amide bonds. The van der Waals surface area contributed by atoms with Crippen molar-refractivity contribution in [3.8, 4) is 0 Å². The minimum Gasteiger partial charge on any atom is -0.444 e. The average Bonchev–Trinajstić information content (AvgIpc) is 3.37. The maximum Gasteiger partial charge on any atom is 0.308 e. The number of nitro benzene ring substituents is 1. The number of benzene rings is 6. The van der Waals surface area contributed by atoms with Crippen molar-refractivity contribution in [1.29, 1.82) is 0 Å². The number of rotatable bonds is 25. The lowest BCUT2D eigenvalue weighted by atomic mass is 9.80. The number of ether oxygens (including phenoxy) is 1. The molecule has 0 saturated heterocycles. The normalized spacial score (nSPS) is 12.9. The Bertz CT molecular complexity index is 2750. The number of hydrogen-bond donors (Lipinski definition) is 3. The zero-order valence-electron chi connectivity index (χ0n) is 39.0. The van der Waals surface area contributed by atoms with E-state index in [1.165, 1.54) is 18.2 Å². The van der Waals surface area contributed by atoms with Crippen molar-refractivity contribution < 1.29 is 32.5 Å². The molecule has 0 aliphatic rings. The van der Waals surface area contributed by atoms with Gasteiger partial charge < -0.3 is 20.3 Å². The summed E-state index contributed by atoms with van der Waals surface area (Å²) in [7, 11) is -0.807. The van der Waals surface area contributed by atoms with Crippen LogP contribution in [0.25, 0.3) is 0 Å². The monoisotopic (exact) mass is 1010 g/mol. The third-order valence-corrected chi connectivity index (χ3v) is 14.3. The van der Waals surface area contributed by atoms with Gasteiger partial charge in [-0.15, -0.1) is 0 Å². The summed E-state index contributed by atoms with van der Waals surface area (Å²) in [4.78, 5) is 55.4. The van der Waals surface area contributed by atoms with Gasteiger partial charge in [-0.25, -0.2) is 13.1 Å². The average molecular weight is 1010 g/mol. The van der Waals surface area contributed by atoms with Gasteiger partial charge in [-0.2, -0.15) is 0 Å². The highest BCUT2D eigenvalue weighted by atomic mass is 35.5. The number of amides is 2. The van der Waals surface area contributed by atoms with Gasteiger partial charge in [-0.1, -0.05) is 163 Å². The van der Waals surface area contributed by atoms with Gasteiger partial charge in [0, 0.05) is 71.4 Å². The largest absolute Gasteiger partial charge is 0.444 e. The smallest absolute Gasteiger partial charge is 0.308 e. The first kappa shape index (κ1) is 52.9. The number of hydrogen-bond acceptors (Lipinski definition) is 9. The number of unbranched alkanes of at least 4 members (excludes halogenated alkanes) is 1. The van der Waals surface area contributed by atoms with Crippen LogP contribution in [-0.4, -0.2) is 75.3 Å². The fourth-order valence-electron chi connectivity index (χ4n) is 8.54. The summed E-state index contributed by atoms with van der Waals surface area (Å²) >= 11 is 13.0. The van der Waals surface area contributed by atoms with Crippen molar-refractivity contribution in [2.75, 3.05) is 27.2 Å². The molecule has 0 unspecified atom stereocenters. The second kappa shape index (κ2) is 25.4. The van der Waals surface area contributed by atoms with Crippen molar-refractivity contribution in [2.24, 2.45) is 5.92 Å². The lowest BCUT2D eigenvalue weighted by Crippen LogP contribution is -2.48. The van der Waals surface area contributed by atoms with Gasteiger partial charge in [0.1, 0.15) is 0 Å². The molecule has 0 aliphatic carbocycles. The van der Waals surface area contributed by atoms with Gasteiger partial charge in [0.25, 0.3) is 5.69 Å². The molecule has 0 fully saturated rings. The second-order valence-electron chi connectivity index (χ2n) is 17.0. The fraction of sp³-hybridized carbons (Fsp3) is 0.278. The number of carbonyl (C=O) groups is 3. The first-order chi connectivity index (χ1) is 33.7. The summed E-state index contributed by atoms with van der Waals surface area (Å²) in [5.41, 5.74) is 1.63. The molecule has 0 radical (unpaired) electrons. The molecule has 0 aromatic heterocycles. The van der Waals surface area contributed by atoms with Crippen molar-refractivity contribution in [2.45, 2.75) is 67.5 Å². The first-order valence-corrected chi connectivity index (χ1v) is 25.3. The number of likely N-dealkylation sites (N-methyl/N-ethyl adjacent to an activating group) is 2. The molecule has 6 aromatic carbocycles. The highest BCUT2D eigenvalue weighted by Crippen LogP contribution is 2.44. The van der Waals surface area contributed by atoms with Gasteiger partial charge in [-0.3, -0.25) is 24.5 Å². The zero-order chi connectivity index (χ0) is 50.1. The Hall–Kier alpha value is -6.42. The molecule has 70 heavy (non-hydrogen) atoms. The number of para-hydroxylation sites is 1. The molecular formula is C54H57Cl2N5O8S. The molecule has 0 saturated carbocycles. The molecule has 3 atom stereocenters. The lowest BCUT2D eigenvalue weighted by Gasteiger charge is -2.36. The van der Waals surface area contributed by atoms with Gasteiger partial charge in [0.15, 0.2) is 10.5 Å². The summed E-state index contributed by atoms with van der Waals surface area (Å²) in [5, 5.41) is 18.8. The molecule has 366 valence electrons. The molecule has 6 aromatic rings. The Morgan fingerprint density at radius 2 is 1.30 bits per heavy atom. The van der Waals surface area contributed by atoms with E-state index in [9.17, 15) is 28.1 Å². The number of nitrogens with zero attached hydrogens (tertiary/aromatic N) is 2. The molecule has 6 rings (SSSR count). The highest BCUT2D eigenvalue weighted by Gasteiger charge is 2.43. The van der Waals surface area contributed by atoms with Crippen LogP contribution in [0.2, 0.25) is 10.0 Å². The predicted octanol–water partition coefficient (Wildman–Crippen LogP) is 9.30. The number of sulfonamides is 1. The lowest BCUT2D eigenvalue weighted by molar-refractivity contribution is -0.387. The number of carbonyl (C=O) groups excluding carboxylic acids is 3. The van der Waals surface area contributed by atoms with Crippen LogP contribution >= 0.6 is 23.2 Å². The third kappa shape index (κ3) is 14.1. The van der Waals surface area contributed by atoms with Gasteiger partial charge in [-0.05, 0) is 68.1 Å². The summed E-state index contributed by atoms with van der Waals surface area (Å²) in [6.45, 7) is 0.0126. The van der Waals surface area contributed by atoms with Gasteiger partial charge in [0.05, 0.1) is 17.3 Å². The Kier molecular flexibility index (Phi) is 19.2. The molecule has 3 N–H and O–H groups in total. The van der Waals surface area contributed by atoms with E-state index in [4.69, 9.17) is 27.9 Å². The van der Waals surface area contributed by atoms with Crippen LogP contribution in [0.1, 0.15) is 59.9 Å². The molecule has 0 heterocycles. The van der Waals surface area contributed by atoms with E-state index in [0.717, 1.165) is 17.2 Å².